The summed E-state index contributed by atoms with van der Waals surface area (Å²) in [5, 5.41) is 10.3. The maximum Gasteiger partial charge on any atom is 0.182 e. The van der Waals surface area contributed by atoms with Gasteiger partial charge in [-0.05, 0) is 6.92 Å². The minimum Gasteiger partial charge on any atom is -0.281 e. The van der Waals surface area contributed by atoms with Gasteiger partial charge >= 0.3 is 0 Å². The molecule has 0 spiro atoms. The van der Waals surface area contributed by atoms with E-state index in [1.807, 2.05) is 0 Å². The van der Waals surface area contributed by atoms with E-state index in [9.17, 15) is 0 Å². The van der Waals surface area contributed by atoms with E-state index in [0.717, 1.165) is 0 Å². The van der Waals surface area contributed by atoms with Crippen LogP contribution in [-0.4, -0.2) is 12.9 Å². The van der Waals surface area contributed by atoms with E-state index in [-0.39, 0.29) is 0 Å². The van der Waals surface area contributed by atoms with E-state index in [4.69, 9.17) is 5.26 Å². The number of nitrogens with one attached hydrogen (secondary N) is 1. The molecule has 7 heavy (non-hydrogen) atoms. The molecule has 0 radical (unpaired) electrons. The Hall–Kier alpha value is -1.04. The third kappa shape index (κ3) is 2.77. The Morgan fingerprint density at radius 1 is 1.86 bits per heavy atom. The van der Waals surface area contributed by atoms with Crippen LogP contribution in [0.1, 0.15) is 6.92 Å². The maximum atomic E-state index is 7.93. The maximum absolute atomic E-state index is 7.93. The fourth-order valence-corrected chi connectivity index (χ4v) is 0.137. The lowest BCUT2D eigenvalue weighted by atomic mass is 10.7. The number of hydrogen-bond donors (Lipinski definition) is 1. The first-order chi connectivity index (χ1) is 3.31. The van der Waals surface area contributed by atoms with Crippen molar-refractivity contribution in [3.63, 3.8) is 0 Å². The molecule has 0 heterocycles. The van der Waals surface area contributed by atoms with Crippen LogP contribution in [0.25, 0.3) is 0 Å². The molecule has 0 saturated heterocycles. The van der Waals surface area contributed by atoms with E-state index in [1.54, 1.807) is 20.2 Å². The van der Waals surface area contributed by atoms with Crippen LogP contribution in [0.5, 0.6) is 0 Å². The second-order valence-corrected chi connectivity index (χ2v) is 1.05. The monoisotopic (exact) mass is 97.1 g/mol. The average Bonchev–Trinajstić information content (AvgIpc) is 1.68. The Labute approximate surface area is 42.7 Å². The standard InChI is InChI=1S/C4H7N3/c1-4(6-2)7-3-5/h1-2H3,(H,6,7). The fraction of sp³-hybridized carbons (Fsp3) is 0.500. The van der Waals surface area contributed by atoms with Crippen molar-refractivity contribution >= 4 is 5.84 Å². The van der Waals surface area contributed by atoms with Gasteiger partial charge in [-0.1, -0.05) is 0 Å². The third-order valence-electron chi connectivity index (χ3n) is 0.572. The molecule has 0 amide bonds. The lowest BCUT2D eigenvalue weighted by molar-refractivity contribution is 1.21. The van der Waals surface area contributed by atoms with Gasteiger partial charge in [-0.15, -0.1) is 0 Å². The highest BCUT2D eigenvalue weighted by molar-refractivity contribution is 5.80. The highest BCUT2D eigenvalue weighted by atomic mass is 15.0. The molecule has 0 aliphatic rings. The second-order valence-electron chi connectivity index (χ2n) is 1.05. The number of nitriles is 1. The van der Waals surface area contributed by atoms with Gasteiger partial charge in [-0.2, -0.15) is 5.26 Å². The molecule has 0 bridgehead atoms. The predicted molar refractivity (Wildman–Crippen MR) is 27.8 cm³/mol. The molecule has 0 fully saturated rings. The molecule has 0 aliphatic heterocycles. The van der Waals surface area contributed by atoms with Crippen LogP contribution in [-0.2, 0) is 0 Å². The molecule has 0 aliphatic carbocycles. The summed E-state index contributed by atoms with van der Waals surface area (Å²) in [6.45, 7) is 1.73. The SMILES string of the molecule is CN=C(C)NC#N. The summed E-state index contributed by atoms with van der Waals surface area (Å²) in [5.74, 6) is 0.641. The number of nitrogens with zero attached hydrogens (tertiary/aromatic N) is 2. The van der Waals surface area contributed by atoms with Crippen molar-refractivity contribution in [2.24, 2.45) is 4.99 Å². The molecule has 0 aromatic rings. The molecule has 3 heteroatoms. The summed E-state index contributed by atoms with van der Waals surface area (Å²) in [6, 6.07) is 0. The Kier molecular flexibility index (Phi) is 2.69. The van der Waals surface area contributed by atoms with Crippen LogP contribution in [0, 0.1) is 11.5 Å². The number of rotatable bonds is 0. The zero-order valence-electron chi connectivity index (χ0n) is 4.39. The Balaban J connectivity index is 3.43. The molecule has 0 saturated carbocycles. The topological polar surface area (TPSA) is 48.2 Å². The van der Waals surface area contributed by atoms with Crippen molar-refractivity contribution in [2.75, 3.05) is 7.05 Å². The molecular weight excluding hydrogens is 90.1 g/mol. The van der Waals surface area contributed by atoms with Crippen LogP contribution in [0.2, 0.25) is 0 Å². The Morgan fingerprint density at radius 3 is 2.57 bits per heavy atom. The smallest absolute Gasteiger partial charge is 0.182 e. The van der Waals surface area contributed by atoms with Gasteiger partial charge in [0.15, 0.2) is 6.19 Å². The van der Waals surface area contributed by atoms with Gasteiger partial charge in [0.25, 0.3) is 0 Å². The van der Waals surface area contributed by atoms with Gasteiger partial charge in [-0.3, -0.25) is 10.3 Å². The summed E-state index contributed by atoms with van der Waals surface area (Å²) < 4.78 is 0. The van der Waals surface area contributed by atoms with Crippen molar-refractivity contribution in [3.8, 4) is 6.19 Å². The van der Waals surface area contributed by atoms with Crippen molar-refractivity contribution in [1.82, 2.24) is 5.32 Å². The molecule has 0 aromatic heterocycles. The van der Waals surface area contributed by atoms with Gasteiger partial charge in [0.2, 0.25) is 0 Å². The predicted octanol–water partition coefficient (Wildman–Crippen LogP) is 0.105. The average molecular weight is 97.1 g/mol. The first-order valence-corrected chi connectivity index (χ1v) is 1.89. The quantitative estimate of drug-likeness (QED) is 0.202. The molecule has 0 unspecified atom stereocenters. The number of aliphatic imine (C=N–C) groups is 1. The van der Waals surface area contributed by atoms with Gasteiger partial charge in [0.1, 0.15) is 5.84 Å². The molecule has 0 rings (SSSR count). The van der Waals surface area contributed by atoms with Gasteiger partial charge in [-0.25, -0.2) is 0 Å². The van der Waals surface area contributed by atoms with E-state index in [1.165, 1.54) is 0 Å². The lowest BCUT2D eigenvalue weighted by Crippen LogP contribution is -2.12. The summed E-state index contributed by atoms with van der Waals surface area (Å²) >= 11 is 0. The minimum atomic E-state index is 0.641. The molecule has 3 nitrogen and oxygen atoms in total. The first-order valence-electron chi connectivity index (χ1n) is 1.89. The minimum absolute atomic E-state index is 0.641. The number of amidine groups is 1. The normalized spacial score (nSPS) is 10.1. The van der Waals surface area contributed by atoms with Crippen LogP contribution >= 0.6 is 0 Å². The first kappa shape index (κ1) is 5.96. The zero-order chi connectivity index (χ0) is 5.70. The van der Waals surface area contributed by atoms with Gasteiger partial charge in [0.05, 0.1) is 0 Å². The van der Waals surface area contributed by atoms with Crippen LogP contribution in [0.3, 0.4) is 0 Å². The Bertz CT molecular complexity index is 109. The van der Waals surface area contributed by atoms with Crippen LogP contribution < -0.4 is 5.32 Å². The summed E-state index contributed by atoms with van der Waals surface area (Å²) in [7, 11) is 1.62. The van der Waals surface area contributed by atoms with E-state index < -0.39 is 0 Å². The molecular formula is C4H7N3. The van der Waals surface area contributed by atoms with Crippen LogP contribution in [0.4, 0.5) is 0 Å². The number of hydrogen-bond acceptors (Lipinski definition) is 2. The third-order valence-corrected chi connectivity index (χ3v) is 0.572. The fourth-order valence-electron chi connectivity index (χ4n) is 0.137. The van der Waals surface area contributed by atoms with Gasteiger partial charge in [0, 0.05) is 7.05 Å². The molecule has 1 N–H and O–H groups in total. The van der Waals surface area contributed by atoms with Crippen molar-refractivity contribution in [3.05, 3.63) is 0 Å². The summed E-state index contributed by atoms with van der Waals surface area (Å²) in [4.78, 5) is 3.66. The summed E-state index contributed by atoms with van der Waals surface area (Å²) in [5.41, 5.74) is 0. The van der Waals surface area contributed by atoms with Crippen LogP contribution in [0.15, 0.2) is 4.99 Å². The largest absolute Gasteiger partial charge is 0.281 e. The molecule has 0 atom stereocenters. The molecule has 0 aromatic carbocycles. The highest BCUT2D eigenvalue weighted by Crippen LogP contribution is 1.61. The van der Waals surface area contributed by atoms with Gasteiger partial charge < -0.3 is 0 Å². The van der Waals surface area contributed by atoms with Crippen molar-refractivity contribution in [1.29, 1.82) is 5.26 Å². The Morgan fingerprint density at radius 2 is 2.43 bits per heavy atom. The summed E-state index contributed by atoms with van der Waals surface area (Å²) in [6.07, 6.45) is 1.74. The van der Waals surface area contributed by atoms with E-state index in [0.29, 0.717) is 5.84 Å². The van der Waals surface area contributed by atoms with Crippen molar-refractivity contribution < 1.29 is 0 Å². The molecule has 38 valence electrons. The zero-order valence-corrected chi connectivity index (χ0v) is 4.39. The van der Waals surface area contributed by atoms with E-state index >= 15 is 0 Å². The van der Waals surface area contributed by atoms with E-state index in [2.05, 4.69) is 10.3 Å². The lowest BCUT2D eigenvalue weighted by Gasteiger charge is -1.86. The highest BCUT2D eigenvalue weighted by Gasteiger charge is 1.77. The van der Waals surface area contributed by atoms with Crippen molar-refractivity contribution in [2.45, 2.75) is 6.92 Å². The second kappa shape index (κ2) is 3.16.